The summed E-state index contributed by atoms with van der Waals surface area (Å²) in [5.41, 5.74) is 6.97. The van der Waals surface area contributed by atoms with Crippen LogP contribution in [0, 0.1) is 5.92 Å². The molecule has 20 heavy (non-hydrogen) atoms. The number of rotatable bonds is 3. The Morgan fingerprint density at radius 2 is 1.95 bits per heavy atom. The van der Waals surface area contributed by atoms with Gasteiger partial charge in [-0.15, -0.1) is 0 Å². The first-order chi connectivity index (χ1) is 9.58. The van der Waals surface area contributed by atoms with Crippen LogP contribution in [0.1, 0.15) is 55.8 Å². The lowest BCUT2D eigenvalue weighted by atomic mass is 9.93. The summed E-state index contributed by atoms with van der Waals surface area (Å²) in [7, 11) is 0. The molecule has 3 N–H and O–H groups in total. The molecule has 1 atom stereocenters. The molecular formula is C16H23BrN2O. The van der Waals surface area contributed by atoms with Crippen LogP contribution in [0.2, 0.25) is 0 Å². The summed E-state index contributed by atoms with van der Waals surface area (Å²) in [6.45, 7) is 2.11. The molecule has 2 rings (SSSR count). The van der Waals surface area contributed by atoms with Gasteiger partial charge >= 0.3 is 0 Å². The van der Waals surface area contributed by atoms with Gasteiger partial charge in [0.25, 0.3) is 5.91 Å². The number of hydrogen-bond acceptors (Lipinski definition) is 2. The van der Waals surface area contributed by atoms with E-state index in [1.807, 2.05) is 6.07 Å². The van der Waals surface area contributed by atoms with Crippen molar-refractivity contribution in [2.75, 3.05) is 5.73 Å². The maximum Gasteiger partial charge on any atom is 0.253 e. The summed E-state index contributed by atoms with van der Waals surface area (Å²) < 4.78 is 0.874. The normalized spacial score (nSPS) is 18.3. The van der Waals surface area contributed by atoms with Crippen LogP contribution in [0.25, 0.3) is 0 Å². The van der Waals surface area contributed by atoms with Crippen molar-refractivity contribution in [2.45, 2.75) is 51.5 Å². The first-order valence-corrected chi connectivity index (χ1v) is 8.23. The monoisotopic (exact) mass is 338 g/mol. The fourth-order valence-electron chi connectivity index (χ4n) is 2.94. The summed E-state index contributed by atoms with van der Waals surface area (Å²) in [6, 6.07) is 5.60. The fraction of sp³-hybridized carbons (Fsp3) is 0.562. The molecule has 0 spiro atoms. The minimum absolute atomic E-state index is 0.0689. The van der Waals surface area contributed by atoms with Gasteiger partial charge in [-0.25, -0.2) is 0 Å². The SMILES string of the molecule is C[C@@H](NC(=O)c1cc(Br)ccc1N)C1CCCCCC1. The second kappa shape index (κ2) is 7.11. The molecule has 3 nitrogen and oxygen atoms in total. The van der Waals surface area contributed by atoms with Crippen LogP contribution in [0.3, 0.4) is 0 Å². The van der Waals surface area contributed by atoms with E-state index in [1.54, 1.807) is 12.1 Å². The molecule has 0 aromatic heterocycles. The number of carbonyl (C=O) groups excluding carboxylic acids is 1. The van der Waals surface area contributed by atoms with Crippen molar-refractivity contribution in [3.8, 4) is 0 Å². The van der Waals surface area contributed by atoms with Crippen molar-refractivity contribution < 1.29 is 4.79 Å². The maximum atomic E-state index is 12.3. The summed E-state index contributed by atoms with van der Waals surface area (Å²) >= 11 is 3.38. The van der Waals surface area contributed by atoms with Crippen molar-refractivity contribution in [3.63, 3.8) is 0 Å². The van der Waals surface area contributed by atoms with Gasteiger partial charge in [-0.05, 0) is 43.9 Å². The molecule has 0 radical (unpaired) electrons. The van der Waals surface area contributed by atoms with Gasteiger partial charge in [0.15, 0.2) is 0 Å². The number of nitrogens with two attached hydrogens (primary N) is 1. The minimum atomic E-state index is -0.0689. The van der Waals surface area contributed by atoms with E-state index in [9.17, 15) is 4.79 Å². The second-order valence-corrected chi connectivity index (χ2v) is 6.66. The molecule has 1 aromatic rings. The molecule has 0 aliphatic heterocycles. The molecule has 0 bridgehead atoms. The average Bonchev–Trinajstić information content (AvgIpc) is 2.70. The lowest BCUT2D eigenvalue weighted by molar-refractivity contribution is 0.0924. The van der Waals surface area contributed by atoms with Crippen LogP contribution in [0.15, 0.2) is 22.7 Å². The number of amides is 1. The molecule has 1 aromatic carbocycles. The number of hydrogen-bond donors (Lipinski definition) is 2. The Morgan fingerprint density at radius 1 is 1.30 bits per heavy atom. The summed E-state index contributed by atoms with van der Waals surface area (Å²) in [5, 5.41) is 3.12. The van der Waals surface area contributed by atoms with E-state index in [0.717, 1.165) is 4.47 Å². The standard InChI is InChI=1S/C16H23BrN2O/c1-11(12-6-4-2-3-5-7-12)19-16(20)14-10-13(17)8-9-15(14)18/h8-12H,2-7,18H2,1H3,(H,19,20)/t11-/m1/s1. The molecule has 1 aliphatic carbocycles. The molecule has 4 heteroatoms. The fourth-order valence-corrected chi connectivity index (χ4v) is 3.30. The molecule has 0 saturated heterocycles. The van der Waals surface area contributed by atoms with Crippen molar-refractivity contribution >= 4 is 27.5 Å². The van der Waals surface area contributed by atoms with E-state index in [-0.39, 0.29) is 11.9 Å². The van der Waals surface area contributed by atoms with Crippen molar-refractivity contribution in [1.29, 1.82) is 0 Å². The van der Waals surface area contributed by atoms with Gasteiger partial charge in [-0.2, -0.15) is 0 Å². The third kappa shape index (κ3) is 3.98. The zero-order valence-corrected chi connectivity index (χ0v) is 13.6. The number of carbonyl (C=O) groups is 1. The molecule has 1 aliphatic rings. The Kier molecular flexibility index (Phi) is 5.46. The molecule has 0 heterocycles. The first-order valence-electron chi connectivity index (χ1n) is 7.44. The Morgan fingerprint density at radius 3 is 2.60 bits per heavy atom. The smallest absolute Gasteiger partial charge is 0.253 e. The largest absolute Gasteiger partial charge is 0.398 e. The van der Waals surface area contributed by atoms with Crippen LogP contribution in [-0.4, -0.2) is 11.9 Å². The van der Waals surface area contributed by atoms with Crippen LogP contribution < -0.4 is 11.1 Å². The second-order valence-electron chi connectivity index (χ2n) is 5.75. The van der Waals surface area contributed by atoms with Crippen molar-refractivity contribution in [1.82, 2.24) is 5.32 Å². The molecular weight excluding hydrogens is 316 g/mol. The predicted molar refractivity (Wildman–Crippen MR) is 86.7 cm³/mol. The van der Waals surface area contributed by atoms with Gasteiger partial charge in [-0.3, -0.25) is 4.79 Å². The predicted octanol–water partition coefficient (Wildman–Crippen LogP) is 4.12. The molecule has 1 amide bonds. The van der Waals surface area contributed by atoms with Crippen molar-refractivity contribution in [2.24, 2.45) is 5.92 Å². The van der Waals surface area contributed by atoms with Gasteiger partial charge in [0.2, 0.25) is 0 Å². The Balaban J connectivity index is 2.01. The first kappa shape index (κ1) is 15.4. The topological polar surface area (TPSA) is 55.1 Å². The zero-order chi connectivity index (χ0) is 14.5. The third-order valence-corrected chi connectivity index (χ3v) is 4.72. The van der Waals surface area contributed by atoms with E-state index in [2.05, 4.69) is 28.2 Å². The number of nitrogens with one attached hydrogen (secondary N) is 1. The highest BCUT2D eigenvalue weighted by molar-refractivity contribution is 9.10. The summed E-state index contributed by atoms with van der Waals surface area (Å²) in [6.07, 6.45) is 7.66. The van der Waals surface area contributed by atoms with E-state index in [4.69, 9.17) is 5.73 Å². The lowest BCUT2D eigenvalue weighted by Crippen LogP contribution is -2.38. The van der Waals surface area contributed by atoms with Crippen LogP contribution in [-0.2, 0) is 0 Å². The lowest BCUT2D eigenvalue weighted by Gasteiger charge is -2.24. The Hall–Kier alpha value is -1.03. The van der Waals surface area contributed by atoms with E-state index < -0.39 is 0 Å². The average molecular weight is 339 g/mol. The van der Waals surface area contributed by atoms with Gasteiger partial charge in [-0.1, -0.05) is 41.6 Å². The third-order valence-electron chi connectivity index (χ3n) is 4.23. The molecule has 110 valence electrons. The highest BCUT2D eigenvalue weighted by atomic mass is 79.9. The van der Waals surface area contributed by atoms with Gasteiger partial charge in [0.05, 0.1) is 5.56 Å². The molecule has 0 unspecified atom stereocenters. The summed E-state index contributed by atoms with van der Waals surface area (Å²) in [4.78, 5) is 12.3. The van der Waals surface area contributed by atoms with Gasteiger partial charge in [0.1, 0.15) is 0 Å². The van der Waals surface area contributed by atoms with Gasteiger partial charge < -0.3 is 11.1 Å². The number of anilines is 1. The number of halogens is 1. The number of nitrogen functional groups attached to an aromatic ring is 1. The quantitative estimate of drug-likeness (QED) is 0.643. The van der Waals surface area contributed by atoms with Crippen LogP contribution in [0.4, 0.5) is 5.69 Å². The Bertz CT molecular complexity index is 468. The number of benzene rings is 1. The molecule has 1 fully saturated rings. The highest BCUT2D eigenvalue weighted by Gasteiger charge is 2.21. The zero-order valence-electron chi connectivity index (χ0n) is 12.0. The Labute approximate surface area is 129 Å². The van der Waals surface area contributed by atoms with Crippen LogP contribution in [0.5, 0.6) is 0 Å². The van der Waals surface area contributed by atoms with Gasteiger partial charge in [0, 0.05) is 16.2 Å². The summed E-state index contributed by atoms with van der Waals surface area (Å²) in [5.74, 6) is 0.523. The van der Waals surface area contributed by atoms with E-state index in [1.165, 1.54) is 38.5 Å². The molecule has 1 saturated carbocycles. The minimum Gasteiger partial charge on any atom is -0.398 e. The van der Waals surface area contributed by atoms with Crippen molar-refractivity contribution in [3.05, 3.63) is 28.2 Å². The van der Waals surface area contributed by atoms with E-state index >= 15 is 0 Å². The van der Waals surface area contributed by atoms with Crippen LogP contribution >= 0.6 is 15.9 Å². The van der Waals surface area contributed by atoms with E-state index in [0.29, 0.717) is 17.2 Å². The highest BCUT2D eigenvalue weighted by Crippen LogP contribution is 2.26. The maximum absolute atomic E-state index is 12.3.